The Morgan fingerprint density at radius 2 is 2.10 bits per heavy atom. The van der Waals surface area contributed by atoms with Crippen molar-refractivity contribution in [3.63, 3.8) is 0 Å². The molecule has 2 rings (SSSR count). The average molecular weight is 356 g/mol. The minimum Gasteiger partial charge on any atom is -0.359 e. The van der Waals surface area contributed by atoms with Gasteiger partial charge in [-0.3, -0.25) is 9.59 Å². The van der Waals surface area contributed by atoms with Crippen molar-refractivity contribution in [3.05, 3.63) is 22.4 Å². The molecule has 2 amide bonds. The molecule has 1 aliphatic rings. The molecule has 1 aromatic rings. The molecule has 0 spiro atoms. The third kappa shape index (κ3) is 3.00. The van der Waals surface area contributed by atoms with E-state index in [4.69, 9.17) is 0 Å². The van der Waals surface area contributed by atoms with Crippen molar-refractivity contribution in [2.75, 3.05) is 20.1 Å². The second-order valence-corrected chi connectivity index (χ2v) is 7.08. The van der Waals surface area contributed by atoms with Gasteiger partial charge in [-0.2, -0.15) is 0 Å². The first kappa shape index (κ1) is 16.1. The van der Waals surface area contributed by atoms with E-state index in [0.29, 0.717) is 25.2 Å². The molecule has 0 radical (unpaired) electrons. The summed E-state index contributed by atoms with van der Waals surface area (Å²) in [5.74, 6) is -0.0137. The average Bonchev–Trinajstić information content (AvgIpc) is 3.01. The standard InChI is InChI=1S/C15H22BrN3O2/c1-10(2)19-8-11(16)7-12(19)13(20)18-6-5-15(3,9-18)14(21)17-4/h7-8,10H,5-6,9H2,1-4H3,(H,17,21). The monoisotopic (exact) mass is 355 g/mol. The summed E-state index contributed by atoms with van der Waals surface area (Å²) in [6, 6.07) is 2.06. The zero-order chi connectivity index (χ0) is 15.8. The quantitative estimate of drug-likeness (QED) is 0.905. The molecule has 1 unspecified atom stereocenters. The molecule has 0 aromatic carbocycles. The molecule has 6 heteroatoms. The van der Waals surface area contributed by atoms with Crippen LogP contribution in [0.15, 0.2) is 16.7 Å². The molecule has 1 fully saturated rings. The zero-order valence-corrected chi connectivity index (χ0v) is 14.5. The van der Waals surface area contributed by atoms with Crippen LogP contribution < -0.4 is 5.32 Å². The van der Waals surface area contributed by atoms with E-state index in [1.807, 2.05) is 37.6 Å². The van der Waals surface area contributed by atoms with E-state index >= 15 is 0 Å². The van der Waals surface area contributed by atoms with Gasteiger partial charge in [0.15, 0.2) is 0 Å². The number of carbonyl (C=O) groups is 2. The normalized spacial score (nSPS) is 21.9. The summed E-state index contributed by atoms with van der Waals surface area (Å²) < 4.78 is 2.86. The highest BCUT2D eigenvalue weighted by Crippen LogP contribution is 2.32. The van der Waals surface area contributed by atoms with Crippen molar-refractivity contribution in [2.24, 2.45) is 5.41 Å². The maximum atomic E-state index is 12.7. The first-order valence-corrected chi connectivity index (χ1v) is 7.96. The van der Waals surface area contributed by atoms with Crippen LogP contribution in [0, 0.1) is 5.41 Å². The number of likely N-dealkylation sites (tertiary alicyclic amines) is 1. The van der Waals surface area contributed by atoms with Crippen molar-refractivity contribution in [1.82, 2.24) is 14.8 Å². The second-order valence-electron chi connectivity index (χ2n) is 6.16. The summed E-state index contributed by atoms with van der Waals surface area (Å²) >= 11 is 3.43. The number of hydrogen-bond donors (Lipinski definition) is 1. The van der Waals surface area contributed by atoms with Gasteiger partial charge in [0, 0.05) is 36.8 Å². The molecule has 0 saturated carbocycles. The highest BCUT2D eigenvalue weighted by Gasteiger charge is 2.42. The van der Waals surface area contributed by atoms with Crippen LogP contribution in [0.1, 0.15) is 43.7 Å². The molecular weight excluding hydrogens is 334 g/mol. The zero-order valence-electron chi connectivity index (χ0n) is 12.9. The fraction of sp³-hybridized carbons (Fsp3) is 0.600. The van der Waals surface area contributed by atoms with Gasteiger partial charge in [0.1, 0.15) is 5.69 Å². The minimum atomic E-state index is -0.489. The third-order valence-electron chi connectivity index (χ3n) is 4.13. The summed E-state index contributed by atoms with van der Waals surface area (Å²) in [5, 5.41) is 2.69. The number of nitrogens with one attached hydrogen (secondary N) is 1. The Hall–Kier alpha value is -1.30. The summed E-state index contributed by atoms with van der Waals surface area (Å²) in [7, 11) is 1.64. The van der Waals surface area contributed by atoms with Gasteiger partial charge >= 0.3 is 0 Å². The molecule has 0 bridgehead atoms. The molecule has 1 atom stereocenters. The first-order valence-electron chi connectivity index (χ1n) is 7.17. The molecule has 21 heavy (non-hydrogen) atoms. The number of rotatable bonds is 3. The minimum absolute atomic E-state index is 0.00165. The molecular formula is C15H22BrN3O2. The van der Waals surface area contributed by atoms with Crippen LogP contribution in [0.4, 0.5) is 0 Å². The SMILES string of the molecule is CNC(=O)C1(C)CCN(C(=O)c2cc(Br)cn2C(C)C)C1. The summed E-state index contributed by atoms with van der Waals surface area (Å²) in [6.07, 6.45) is 2.62. The number of amides is 2. The van der Waals surface area contributed by atoms with Crippen LogP contribution in [-0.4, -0.2) is 41.4 Å². The van der Waals surface area contributed by atoms with Crippen LogP contribution >= 0.6 is 15.9 Å². The highest BCUT2D eigenvalue weighted by atomic mass is 79.9. The Kier molecular flexibility index (Phi) is 4.46. The van der Waals surface area contributed by atoms with Gasteiger partial charge in [0.05, 0.1) is 5.41 Å². The van der Waals surface area contributed by atoms with E-state index in [1.165, 1.54) is 0 Å². The fourth-order valence-corrected chi connectivity index (χ4v) is 3.27. The van der Waals surface area contributed by atoms with Gasteiger partial charge < -0.3 is 14.8 Å². The van der Waals surface area contributed by atoms with Gasteiger partial charge in [-0.05, 0) is 49.2 Å². The van der Waals surface area contributed by atoms with E-state index in [2.05, 4.69) is 21.2 Å². The summed E-state index contributed by atoms with van der Waals surface area (Å²) in [5.41, 5.74) is 0.176. The van der Waals surface area contributed by atoms with E-state index in [0.717, 1.165) is 4.47 Å². The van der Waals surface area contributed by atoms with E-state index in [-0.39, 0.29) is 17.9 Å². The maximum Gasteiger partial charge on any atom is 0.270 e. The number of nitrogens with zero attached hydrogens (tertiary/aromatic N) is 2. The lowest BCUT2D eigenvalue weighted by atomic mass is 9.89. The molecule has 2 heterocycles. The molecule has 1 aromatic heterocycles. The first-order chi connectivity index (χ1) is 9.78. The maximum absolute atomic E-state index is 12.7. The number of halogens is 1. The highest BCUT2D eigenvalue weighted by molar-refractivity contribution is 9.10. The number of aromatic nitrogens is 1. The Balaban J connectivity index is 2.21. The molecule has 0 aliphatic carbocycles. The smallest absolute Gasteiger partial charge is 0.270 e. The van der Waals surface area contributed by atoms with Gasteiger partial charge in [0.25, 0.3) is 5.91 Å². The molecule has 1 N–H and O–H groups in total. The van der Waals surface area contributed by atoms with Crippen molar-refractivity contribution in [3.8, 4) is 0 Å². The van der Waals surface area contributed by atoms with Crippen LogP contribution in [0.2, 0.25) is 0 Å². The van der Waals surface area contributed by atoms with Crippen LogP contribution in [0.5, 0.6) is 0 Å². The van der Waals surface area contributed by atoms with Crippen LogP contribution in [0.3, 0.4) is 0 Å². The topological polar surface area (TPSA) is 54.3 Å². The van der Waals surface area contributed by atoms with Gasteiger partial charge in [-0.15, -0.1) is 0 Å². The van der Waals surface area contributed by atoms with Crippen molar-refractivity contribution >= 4 is 27.7 Å². The molecule has 1 aliphatic heterocycles. The van der Waals surface area contributed by atoms with Crippen molar-refractivity contribution in [2.45, 2.75) is 33.2 Å². The molecule has 1 saturated heterocycles. The van der Waals surface area contributed by atoms with Gasteiger partial charge in [0.2, 0.25) is 5.91 Å². The summed E-state index contributed by atoms with van der Waals surface area (Å²) in [4.78, 5) is 26.5. The van der Waals surface area contributed by atoms with E-state index in [9.17, 15) is 9.59 Å². The lowest BCUT2D eigenvalue weighted by Gasteiger charge is -2.23. The predicted octanol–water partition coefficient (Wildman–Crippen LogP) is 2.43. The van der Waals surface area contributed by atoms with E-state index in [1.54, 1.807) is 11.9 Å². The van der Waals surface area contributed by atoms with Crippen molar-refractivity contribution in [1.29, 1.82) is 0 Å². The Morgan fingerprint density at radius 3 is 2.67 bits per heavy atom. The second kappa shape index (κ2) is 5.83. The Morgan fingerprint density at radius 1 is 1.43 bits per heavy atom. The molecule has 5 nitrogen and oxygen atoms in total. The molecule has 116 valence electrons. The number of carbonyl (C=O) groups excluding carboxylic acids is 2. The lowest BCUT2D eigenvalue weighted by molar-refractivity contribution is -0.128. The lowest BCUT2D eigenvalue weighted by Crippen LogP contribution is -2.40. The van der Waals surface area contributed by atoms with Gasteiger partial charge in [-0.25, -0.2) is 0 Å². The van der Waals surface area contributed by atoms with Gasteiger partial charge in [-0.1, -0.05) is 0 Å². The fourth-order valence-electron chi connectivity index (χ4n) is 2.83. The van der Waals surface area contributed by atoms with Crippen LogP contribution in [0.25, 0.3) is 0 Å². The number of hydrogen-bond acceptors (Lipinski definition) is 2. The predicted molar refractivity (Wildman–Crippen MR) is 85.2 cm³/mol. The van der Waals surface area contributed by atoms with Crippen molar-refractivity contribution < 1.29 is 9.59 Å². The Bertz CT molecular complexity index is 567. The van der Waals surface area contributed by atoms with E-state index < -0.39 is 5.41 Å². The largest absolute Gasteiger partial charge is 0.359 e. The summed E-state index contributed by atoms with van der Waals surface area (Å²) in [6.45, 7) is 7.08. The van der Waals surface area contributed by atoms with Crippen LogP contribution in [-0.2, 0) is 4.79 Å². The third-order valence-corrected chi connectivity index (χ3v) is 4.56. The Labute approximate surface area is 133 Å².